The first-order valence-corrected chi connectivity index (χ1v) is 2.58. The number of carbonyl (C=O) groups is 1. The van der Waals surface area contributed by atoms with E-state index in [4.69, 9.17) is 6.42 Å². The highest BCUT2D eigenvalue weighted by Gasteiger charge is 2.22. The number of hydrogen-bond acceptors (Lipinski definition) is 1. The van der Waals surface area contributed by atoms with Crippen LogP contribution in [0.15, 0.2) is 11.6 Å². The normalized spacial score (nSPS) is 25.6. The van der Waals surface area contributed by atoms with Crippen LogP contribution in [0.4, 0.5) is 4.39 Å². The van der Waals surface area contributed by atoms with E-state index in [1.807, 2.05) is 0 Å². The number of alkyl halides is 1. The van der Waals surface area contributed by atoms with Crippen LogP contribution in [0, 0.1) is 12.3 Å². The van der Waals surface area contributed by atoms with Gasteiger partial charge in [0.15, 0.2) is 12.0 Å². The van der Waals surface area contributed by atoms with Crippen LogP contribution >= 0.6 is 0 Å². The number of hydrogen-bond donors (Lipinski definition) is 0. The van der Waals surface area contributed by atoms with Gasteiger partial charge in [0.2, 0.25) is 0 Å². The van der Waals surface area contributed by atoms with Crippen molar-refractivity contribution in [3.63, 3.8) is 0 Å². The second-order valence-corrected chi connectivity index (χ2v) is 1.88. The number of terminal acetylenes is 1. The summed E-state index contributed by atoms with van der Waals surface area (Å²) in [5.41, 5.74) is 0.465. The van der Waals surface area contributed by atoms with Crippen molar-refractivity contribution in [1.29, 1.82) is 0 Å². The summed E-state index contributed by atoms with van der Waals surface area (Å²) < 4.78 is 12.2. The molecule has 0 amide bonds. The van der Waals surface area contributed by atoms with Gasteiger partial charge < -0.3 is 0 Å². The third kappa shape index (κ3) is 0.996. The molecule has 1 aliphatic carbocycles. The van der Waals surface area contributed by atoms with Gasteiger partial charge in [0, 0.05) is 12.0 Å². The lowest BCUT2D eigenvalue weighted by atomic mass is 10.2. The SMILES string of the molecule is C#CC1=CC(F)C(=O)C1. The second kappa shape index (κ2) is 2.02. The van der Waals surface area contributed by atoms with Crippen molar-refractivity contribution in [3.8, 4) is 12.3 Å². The van der Waals surface area contributed by atoms with Crippen molar-refractivity contribution in [2.45, 2.75) is 12.6 Å². The van der Waals surface area contributed by atoms with Gasteiger partial charge in [-0.2, -0.15) is 0 Å². The topological polar surface area (TPSA) is 17.1 Å². The molecule has 2 heteroatoms. The van der Waals surface area contributed by atoms with Gasteiger partial charge in [-0.3, -0.25) is 4.79 Å². The molecule has 0 saturated carbocycles. The predicted molar refractivity (Wildman–Crippen MR) is 31.4 cm³/mol. The molecule has 0 aromatic carbocycles. The Kier molecular flexibility index (Phi) is 1.35. The average Bonchev–Trinajstić information content (AvgIpc) is 2.13. The highest BCUT2D eigenvalue weighted by Crippen LogP contribution is 2.15. The summed E-state index contributed by atoms with van der Waals surface area (Å²) in [6, 6.07) is 0. The number of allylic oxidation sites excluding steroid dienone is 2. The first-order chi connectivity index (χ1) is 4.24. The lowest BCUT2D eigenvalue weighted by molar-refractivity contribution is -0.120. The van der Waals surface area contributed by atoms with Crippen LogP contribution in [0.5, 0.6) is 0 Å². The Morgan fingerprint density at radius 3 is 2.78 bits per heavy atom. The van der Waals surface area contributed by atoms with Gasteiger partial charge in [0.1, 0.15) is 0 Å². The van der Waals surface area contributed by atoms with Crippen molar-refractivity contribution >= 4 is 5.78 Å². The Bertz CT molecular complexity index is 209. The van der Waals surface area contributed by atoms with E-state index in [1.54, 1.807) is 0 Å². The average molecular weight is 124 g/mol. The van der Waals surface area contributed by atoms with Gasteiger partial charge in [0.25, 0.3) is 0 Å². The van der Waals surface area contributed by atoms with Crippen LogP contribution in [-0.2, 0) is 4.79 Å². The lowest BCUT2D eigenvalue weighted by Gasteiger charge is -1.85. The molecule has 46 valence electrons. The van der Waals surface area contributed by atoms with E-state index in [2.05, 4.69) is 5.92 Å². The van der Waals surface area contributed by atoms with Crippen LogP contribution < -0.4 is 0 Å². The Hall–Kier alpha value is -1.10. The van der Waals surface area contributed by atoms with Crippen molar-refractivity contribution in [3.05, 3.63) is 11.6 Å². The third-order valence-electron chi connectivity index (χ3n) is 1.21. The standard InChI is InChI=1S/C7H5FO/c1-2-5-3-6(8)7(9)4-5/h1,3,6H,4H2. The highest BCUT2D eigenvalue weighted by atomic mass is 19.1. The summed E-state index contributed by atoms with van der Waals surface area (Å²) in [4.78, 5) is 10.4. The molecule has 0 heterocycles. The molecule has 1 atom stereocenters. The number of ketones is 1. The molecular weight excluding hydrogens is 119 g/mol. The summed E-state index contributed by atoms with van der Waals surface area (Å²) in [5.74, 6) is 1.80. The molecule has 0 aromatic heterocycles. The molecule has 0 aliphatic heterocycles. The molecule has 1 nitrogen and oxygen atoms in total. The Morgan fingerprint density at radius 1 is 1.89 bits per heavy atom. The molecule has 0 aromatic rings. The number of carbonyl (C=O) groups excluding carboxylic acids is 1. The quantitative estimate of drug-likeness (QED) is 0.437. The van der Waals surface area contributed by atoms with Gasteiger partial charge in [-0.05, 0) is 6.08 Å². The van der Waals surface area contributed by atoms with E-state index < -0.39 is 12.0 Å². The van der Waals surface area contributed by atoms with Crippen LogP contribution in [0.1, 0.15) is 6.42 Å². The maximum atomic E-state index is 12.2. The fourth-order valence-electron chi connectivity index (χ4n) is 0.713. The Labute approximate surface area is 52.6 Å². The minimum absolute atomic E-state index is 0.0949. The van der Waals surface area contributed by atoms with Crippen LogP contribution in [0.3, 0.4) is 0 Å². The van der Waals surface area contributed by atoms with Gasteiger partial charge in [-0.25, -0.2) is 4.39 Å². The molecule has 0 N–H and O–H groups in total. The van der Waals surface area contributed by atoms with E-state index in [1.165, 1.54) is 6.08 Å². The first-order valence-electron chi connectivity index (χ1n) is 2.58. The summed E-state index contributed by atoms with van der Waals surface area (Å²) >= 11 is 0. The summed E-state index contributed by atoms with van der Waals surface area (Å²) in [7, 11) is 0. The highest BCUT2D eigenvalue weighted by molar-refractivity contribution is 5.91. The monoisotopic (exact) mass is 124 g/mol. The van der Waals surface area contributed by atoms with Crippen LogP contribution in [-0.4, -0.2) is 12.0 Å². The van der Waals surface area contributed by atoms with Crippen LogP contribution in [0.25, 0.3) is 0 Å². The van der Waals surface area contributed by atoms with E-state index in [-0.39, 0.29) is 6.42 Å². The second-order valence-electron chi connectivity index (χ2n) is 1.88. The lowest BCUT2D eigenvalue weighted by Crippen LogP contribution is -2.04. The zero-order valence-corrected chi connectivity index (χ0v) is 4.73. The van der Waals surface area contributed by atoms with Gasteiger partial charge in [-0.1, -0.05) is 5.92 Å². The molecule has 1 rings (SSSR count). The molecule has 0 radical (unpaired) electrons. The third-order valence-corrected chi connectivity index (χ3v) is 1.21. The molecular formula is C7H5FO. The van der Waals surface area contributed by atoms with Crippen molar-refractivity contribution in [1.82, 2.24) is 0 Å². The zero-order valence-electron chi connectivity index (χ0n) is 4.73. The van der Waals surface area contributed by atoms with Crippen molar-refractivity contribution in [2.75, 3.05) is 0 Å². The summed E-state index contributed by atoms with van der Waals surface area (Å²) in [6.07, 6.45) is 4.75. The first kappa shape index (κ1) is 6.03. The van der Waals surface area contributed by atoms with Crippen molar-refractivity contribution < 1.29 is 9.18 Å². The maximum Gasteiger partial charge on any atom is 0.178 e. The molecule has 0 bridgehead atoms. The number of halogens is 1. The van der Waals surface area contributed by atoms with Gasteiger partial charge in [0.05, 0.1) is 0 Å². The molecule has 0 saturated heterocycles. The molecule has 1 aliphatic rings. The fourth-order valence-corrected chi connectivity index (χ4v) is 0.713. The maximum absolute atomic E-state index is 12.2. The Morgan fingerprint density at radius 2 is 2.56 bits per heavy atom. The van der Waals surface area contributed by atoms with E-state index in [0.717, 1.165) is 0 Å². The minimum atomic E-state index is -1.45. The fraction of sp³-hybridized carbons (Fsp3) is 0.286. The molecule has 9 heavy (non-hydrogen) atoms. The van der Waals surface area contributed by atoms with Gasteiger partial charge >= 0.3 is 0 Å². The summed E-state index contributed by atoms with van der Waals surface area (Å²) in [6.45, 7) is 0. The smallest absolute Gasteiger partial charge is 0.178 e. The molecule has 0 spiro atoms. The number of Topliss-reactive ketones (excluding diaryl/α,β-unsaturated/α-hetero) is 1. The minimum Gasteiger partial charge on any atom is -0.296 e. The molecule has 0 fully saturated rings. The van der Waals surface area contributed by atoms with E-state index in [0.29, 0.717) is 5.57 Å². The van der Waals surface area contributed by atoms with Crippen molar-refractivity contribution in [2.24, 2.45) is 0 Å². The Balaban J connectivity index is 2.77. The van der Waals surface area contributed by atoms with Gasteiger partial charge in [-0.15, -0.1) is 6.42 Å². The number of rotatable bonds is 0. The van der Waals surface area contributed by atoms with Crippen LogP contribution in [0.2, 0.25) is 0 Å². The largest absolute Gasteiger partial charge is 0.296 e. The predicted octanol–water partition coefficient (Wildman–Crippen LogP) is 0.857. The van der Waals surface area contributed by atoms with E-state index >= 15 is 0 Å². The van der Waals surface area contributed by atoms with E-state index in [9.17, 15) is 9.18 Å². The molecule has 1 unspecified atom stereocenters. The summed E-state index contributed by atoms with van der Waals surface area (Å²) in [5, 5.41) is 0. The zero-order chi connectivity index (χ0) is 6.85.